The molecule has 0 aliphatic rings. The van der Waals surface area contributed by atoms with Crippen LogP contribution in [0.3, 0.4) is 0 Å². The molecule has 2 aromatic rings. The molecule has 0 aromatic heterocycles. The van der Waals surface area contributed by atoms with Gasteiger partial charge in [-0.3, -0.25) is 13.9 Å². The molecule has 14 heteroatoms. The maximum absolute atomic E-state index is 13.5. The Bertz CT molecular complexity index is 1320. The minimum Gasteiger partial charge on any atom is -0.350 e. The molecule has 0 aliphatic heterocycles. The van der Waals surface area contributed by atoms with Gasteiger partial charge in [0.1, 0.15) is 12.6 Å². The Balaban J connectivity index is 2.52. The van der Waals surface area contributed by atoms with Gasteiger partial charge in [0.15, 0.2) is 0 Å². The number of anilines is 1. The number of carbonyl (C=O) groups excluding carboxylic acids is 2. The van der Waals surface area contributed by atoms with Crippen LogP contribution in [0.2, 0.25) is 15.1 Å². The molecule has 0 aliphatic carbocycles. The van der Waals surface area contributed by atoms with Crippen LogP contribution in [0.5, 0.6) is 0 Å². The van der Waals surface area contributed by atoms with E-state index in [4.69, 9.17) is 34.8 Å². The molecule has 0 saturated carbocycles. The van der Waals surface area contributed by atoms with Crippen LogP contribution in [0, 0.1) is 0 Å². The van der Waals surface area contributed by atoms with Gasteiger partial charge < -0.3 is 10.2 Å². The summed E-state index contributed by atoms with van der Waals surface area (Å²) in [6.45, 7) is 5.63. The highest BCUT2D eigenvalue weighted by atomic mass is 35.5. The van der Waals surface area contributed by atoms with Crippen molar-refractivity contribution in [3.8, 4) is 0 Å². The Kier molecular flexibility index (Phi) is 10.0. The molecule has 38 heavy (non-hydrogen) atoms. The SMILES string of the molecule is CC(C(=O)NC(C)(C)C)N(Cc1ccc(Cl)c(Cl)c1)C(=O)CN(c1ccc(Cl)c(C(F)(F)F)c1)S(C)(=O)=O. The Morgan fingerprint density at radius 1 is 0.974 bits per heavy atom. The first-order valence-electron chi connectivity index (χ1n) is 11.1. The molecule has 210 valence electrons. The molecule has 0 radical (unpaired) electrons. The van der Waals surface area contributed by atoms with Crippen molar-refractivity contribution in [1.82, 2.24) is 10.2 Å². The third kappa shape index (κ3) is 8.65. The van der Waals surface area contributed by atoms with E-state index < -0.39 is 62.4 Å². The molecular formula is C24H27Cl3F3N3O4S. The van der Waals surface area contributed by atoms with Crippen molar-refractivity contribution in [3.63, 3.8) is 0 Å². The number of nitrogens with zero attached hydrogens (tertiary/aromatic N) is 2. The van der Waals surface area contributed by atoms with E-state index in [1.807, 2.05) is 0 Å². The first-order chi connectivity index (χ1) is 17.2. The number of rotatable bonds is 8. The lowest BCUT2D eigenvalue weighted by atomic mass is 10.1. The van der Waals surface area contributed by atoms with Crippen LogP contribution in [0.25, 0.3) is 0 Å². The molecule has 1 N–H and O–H groups in total. The number of alkyl halides is 3. The third-order valence-corrected chi connectivity index (χ3v) is 7.43. The summed E-state index contributed by atoms with van der Waals surface area (Å²) < 4.78 is 66.0. The van der Waals surface area contributed by atoms with Gasteiger partial charge >= 0.3 is 6.18 Å². The first kappa shape index (κ1) is 32.0. The van der Waals surface area contributed by atoms with Crippen LogP contribution in [0.4, 0.5) is 18.9 Å². The van der Waals surface area contributed by atoms with E-state index in [-0.39, 0.29) is 16.6 Å². The lowest BCUT2D eigenvalue weighted by molar-refractivity contribution is -0.140. The lowest BCUT2D eigenvalue weighted by Crippen LogP contribution is -2.54. The minimum absolute atomic E-state index is 0.166. The molecule has 0 fully saturated rings. The highest BCUT2D eigenvalue weighted by Gasteiger charge is 2.36. The fraction of sp³-hybridized carbons (Fsp3) is 0.417. The monoisotopic (exact) mass is 615 g/mol. The highest BCUT2D eigenvalue weighted by molar-refractivity contribution is 7.92. The Hall–Kier alpha value is -2.21. The standard InChI is InChI=1S/C24H27Cl3F3N3O4S/c1-14(22(35)31-23(2,3)4)32(12-15-6-8-19(26)20(27)10-15)21(34)13-33(38(5,36)37)16-7-9-18(25)17(11-16)24(28,29)30/h6-11,14H,12-13H2,1-5H3,(H,31,35). The first-order valence-corrected chi connectivity index (χ1v) is 14.1. The fourth-order valence-electron chi connectivity index (χ4n) is 3.39. The molecule has 7 nitrogen and oxygen atoms in total. The zero-order chi connectivity index (χ0) is 29.2. The summed E-state index contributed by atoms with van der Waals surface area (Å²) >= 11 is 17.7. The van der Waals surface area contributed by atoms with E-state index in [0.29, 0.717) is 15.9 Å². The van der Waals surface area contributed by atoms with Crippen LogP contribution < -0.4 is 9.62 Å². The van der Waals surface area contributed by atoms with Crippen molar-refractivity contribution in [1.29, 1.82) is 0 Å². The van der Waals surface area contributed by atoms with Gasteiger partial charge in [-0.15, -0.1) is 0 Å². The molecular weight excluding hydrogens is 590 g/mol. The third-order valence-electron chi connectivity index (χ3n) is 5.22. The zero-order valence-electron chi connectivity index (χ0n) is 21.2. The van der Waals surface area contributed by atoms with E-state index >= 15 is 0 Å². The quantitative estimate of drug-likeness (QED) is 0.409. The maximum atomic E-state index is 13.5. The van der Waals surface area contributed by atoms with Gasteiger partial charge in [-0.05, 0) is 63.6 Å². The van der Waals surface area contributed by atoms with Gasteiger partial charge in [0.25, 0.3) is 0 Å². The molecule has 2 rings (SSSR count). The second-order valence-corrected chi connectivity index (χ2v) is 12.7. The molecule has 1 unspecified atom stereocenters. The molecule has 0 saturated heterocycles. The second kappa shape index (κ2) is 11.9. The molecule has 2 amide bonds. The van der Waals surface area contributed by atoms with Crippen molar-refractivity contribution in [3.05, 3.63) is 62.6 Å². The summed E-state index contributed by atoms with van der Waals surface area (Å²) in [5, 5.41) is 2.58. The minimum atomic E-state index is -4.86. The molecule has 0 bridgehead atoms. The van der Waals surface area contributed by atoms with E-state index in [9.17, 15) is 31.2 Å². The fourth-order valence-corrected chi connectivity index (χ4v) is 4.78. The van der Waals surface area contributed by atoms with Crippen LogP contribution >= 0.6 is 34.8 Å². The number of halogens is 6. The zero-order valence-corrected chi connectivity index (χ0v) is 24.2. The van der Waals surface area contributed by atoms with Gasteiger partial charge in [0, 0.05) is 12.1 Å². The van der Waals surface area contributed by atoms with Crippen molar-refractivity contribution < 1.29 is 31.2 Å². The number of hydrogen-bond acceptors (Lipinski definition) is 4. The molecule has 0 heterocycles. The van der Waals surface area contributed by atoms with Gasteiger partial charge in [-0.25, -0.2) is 8.42 Å². The summed E-state index contributed by atoms with van der Waals surface area (Å²) in [4.78, 5) is 27.6. The molecule has 0 spiro atoms. The Morgan fingerprint density at radius 3 is 2.05 bits per heavy atom. The molecule has 1 atom stereocenters. The van der Waals surface area contributed by atoms with Crippen molar-refractivity contribution in [2.24, 2.45) is 0 Å². The highest BCUT2D eigenvalue weighted by Crippen LogP contribution is 2.37. The van der Waals surface area contributed by atoms with Crippen molar-refractivity contribution in [2.75, 3.05) is 17.1 Å². The van der Waals surface area contributed by atoms with E-state index in [1.165, 1.54) is 19.1 Å². The Labute approximate surface area is 234 Å². The van der Waals surface area contributed by atoms with E-state index in [2.05, 4.69) is 5.32 Å². The maximum Gasteiger partial charge on any atom is 0.417 e. The second-order valence-electron chi connectivity index (χ2n) is 9.62. The van der Waals surface area contributed by atoms with Crippen LogP contribution in [0.15, 0.2) is 36.4 Å². The summed E-state index contributed by atoms with van der Waals surface area (Å²) in [5.41, 5.74) is -1.83. The van der Waals surface area contributed by atoms with E-state index in [1.54, 1.807) is 26.8 Å². The summed E-state index contributed by atoms with van der Waals surface area (Å²) in [7, 11) is -4.25. The normalized spacial score (nSPS) is 13.1. The number of hydrogen-bond donors (Lipinski definition) is 1. The van der Waals surface area contributed by atoms with Crippen LogP contribution in [0.1, 0.15) is 38.8 Å². The summed E-state index contributed by atoms with van der Waals surface area (Å²) in [5.74, 6) is -1.37. The summed E-state index contributed by atoms with van der Waals surface area (Å²) in [6.07, 6.45) is -4.11. The predicted molar refractivity (Wildman–Crippen MR) is 143 cm³/mol. The number of nitrogens with one attached hydrogen (secondary N) is 1. The molecule has 2 aromatic carbocycles. The van der Waals surface area contributed by atoms with Crippen molar-refractivity contribution in [2.45, 2.75) is 52.0 Å². The Morgan fingerprint density at radius 2 is 1.55 bits per heavy atom. The van der Waals surface area contributed by atoms with Crippen molar-refractivity contribution >= 4 is 62.3 Å². The van der Waals surface area contributed by atoms with E-state index in [0.717, 1.165) is 23.3 Å². The lowest BCUT2D eigenvalue weighted by Gasteiger charge is -2.33. The van der Waals surface area contributed by atoms with Gasteiger partial charge in [0.05, 0.1) is 32.6 Å². The average Bonchev–Trinajstić information content (AvgIpc) is 2.75. The topological polar surface area (TPSA) is 86.8 Å². The summed E-state index contributed by atoms with van der Waals surface area (Å²) in [6, 6.07) is 5.98. The smallest absolute Gasteiger partial charge is 0.350 e. The number of sulfonamides is 1. The number of benzene rings is 2. The van der Waals surface area contributed by atoms with Gasteiger partial charge in [-0.2, -0.15) is 13.2 Å². The van der Waals surface area contributed by atoms with Gasteiger partial charge in [0.2, 0.25) is 21.8 Å². The number of carbonyl (C=O) groups is 2. The average molecular weight is 617 g/mol. The largest absolute Gasteiger partial charge is 0.417 e. The van der Waals surface area contributed by atoms with Crippen LogP contribution in [-0.2, 0) is 32.3 Å². The number of amides is 2. The van der Waals surface area contributed by atoms with Crippen LogP contribution in [-0.4, -0.2) is 49.5 Å². The predicted octanol–water partition coefficient (Wildman–Crippen LogP) is 5.76. The van der Waals surface area contributed by atoms with Gasteiger partial charge in [-0.1, -0.05) is 40.9 Å².